The molecule has 7 heteroatoms. The zero-order chi connectivity index (χ0) is 15.0. The van der Waals surface area contributed by atoms with Crippen molar-refractivity contribution in [2.24, 2.45) is 0 Å². The Morgan fingerprint density at radius 3 is 3.00 bits per heavy atom. The van der Waals surface area contributed by atoms with Crippen molar-refractivity contribution in [3.63, 3.8) is 0 Å². The first kappa shape index (κ1) is 14.1. The van der Waals surface area contributed by atoms with E-state index in [0.717, 1.165) is 31.6 Å². The monoisotopic (exact) mass is 291 g/mol. The zero-order valence-corrected chi connectivity index (χ0v) is 12.4. The fourth-order valence-corrected chi connectivity index (χ4v) is 3.20. The molecule has 0 aromatic carbocycles. The van der Waals surface area contributed by atoms with Gasteiger partial charge < -0.3 is 15.2 Å². The molecule has 2 aliphatic rings. The second-order valence-electron chi connectivity index (χ2n) is 5.80. The molecule has 0 aliphatic carbocycles. The highest BCUT2D eigenvalue weighted by Gasteiger charge is 2.40. The summed E-state index contributed by atoms with van der Waals surface area (Å²) in [6.07, 6.45) is 1.69. The van der Waals surface area contributed by atoms with Crippen molar-refractivity contribution in [2.45, 2.75) is 38.4 Å². The first-order chi connectivity index (χ1) is 10.1. The van der Waals surface area contributed by atoms with Crippen LogP contribution in [-0.4, -0.2) is 58.0 Å². The van der Waals surface area contributed by atoms with Crippen LogP contribution in [0.25, 0.3) is 0 Å². The molecular weight excluding hydrogens is 270 g/mol. The second kappa shape index (κ2) is 5.48. The van der Waals surface area contributed by atoms with Crippen molar-refractivity contribution in [3.8, 4) is 0 Å². The number of nitrogens with zero attached hydrogens (tertiary/aromatic N) is 3. The van der Waals surface area contributed by atoms with Crippen LogP contribution in [0.1, 0.15) is 24.9 Å². The molecular formula is C14H21N5O2. The Morgan fingerprint density at radius 2 is 2.24 bits per heavy atom. The minimum Gasteiger partial charge on any atom is -0.332 e. The lowest BCUT2D eigenvalue weighted by atomic mass is 10.0. The van der Waals surface area contributed by atoms with E-state index >= 15 is 0 Å². The van der Waals surface area contributed by atoms with Crippen LogP contribution in [0.15, 0.2) is 10.9 Å². The number of carbonyl (C=O) groups is 1. The molecule has 7 nitrogen and oxygen atoms in total. The van der Waals surface area contributed by atoms with Gasteiger partial charge in [0.25, 0.3) is 5.56 Å². The molecule has 0 saturated carbocycles. The smallest absolute Gasteiger partial charge is 0.317 e. The Kier molecular flexibility index (Phi) is 3.67. The summed E-state index contributed by atoms with van der Waals surface area (Å²) in [4.78, 5) is 34.6. The number of carbonyl (C=O) groups excluding carboxylic acids is 1. The van der Waals surface area contributed by atoms with Crippen LogP contribution >= 0.6 is 0 Å². The quantitative estimate of drug-likeness (QED) is 0.817. The van der Waals surface area contributed by atoms with Crippen LogP contribution in [0.4, 0.5) is 4.79 Å². The summed E-state index contributed by atoms with van der Waals surface area (Å²) in [5.41, 5.74) is 0.721. The third kappa shape index (κ3) is 2.78. The summed E-state index contributed by atoms with van der Waals surface area (Å²) in [7, 11) is 1.85. The average molecular weight is 291 g/mol. The van der Waals surface area contributed by atoms with Crippen molar-refractivity contribution in [3.05, 3.63) is 27.9 Å². The summed E-state index contributed by atoms with van der Waals surface area (Å²) < 4.78 is 0. The molecule has 2 aliphatic heterocycles. The van der Waals surface area contributed by atoms with Crippen molar-refractivity contribution in [1.82, 2.24) is 25.1 Å². The molecule has 0 bridgehead atoms. The summed E-state index contributed by atoms with van der Waals surface area (Å²) in [5.74, 6) is 0.704. The molecule has 3 heterocycles. The highest BCUT2D eigenvalue weighted by molar-refractivity contribution is 5.77. The van der Waals surface area contributed by atoms with Gasteiger partial charge in [0, 0.05) is 31.9 Å². The standard InChI is InChI=1S/C14H21N5O2/c1-3-9-6-13(20)17-12(15-9)8-19-5-4-11-10(7-19)16-14(21)18(11)2/h6,10-11H,3-5,7-8H2,1-2H3,(H,16,21)(H,15,17,20)/t10-,11+/m1/s1. The Balaban J connectivity index is 1.68. The van der Waals surface area contributed by atoms with E-state index in [9.17, 15) is 9.59 Å². The number of hydrogen-bond acceptors (Lipinski definition) is 4. The van der Waals surface area contributed by atoms with Crippen LogP contribution < -0.4 is 10.9 Å². The number of aromatic nitrogens is 2. The topological polar surface area (TPSA) is 81.3 Å². The molecule has 1 aromatic heterocycles. The van der Waals surface area contributed by atoms with Crippen molar-refractivity contribution >= 4 is 6.03 Å². The highest BCUT2D eigenvalue weighted by Crippen LogP contribution is 2.21. The SMILES string of the molecule is CCc1cc(=O)[nH]c(CN2CC[C@H]3[C@@H](C2)NC(=O)N3C)n1. The number of likely N-dealkylation sites (tertiary alicyclic amines) is 1. The molecule has 0 radical (unpaired) electrons. The lowest BCUT2D eigenvalue weighted by molar-refractivity contribution is 0.145. The van der Waals surface area contributed by atoms with Crippen LogP contribution in [0.2, 0.25) is 0 Å². The number of H-pyrrole nitrogens is 1. The minimum atomic E-state index is -0.0966. The molecule has 0 unspecified atom stereocenters. The van der Waals surface area contributed by atoms with Gasteiger partial charge in [0.05, 0.1) is 18.6 Å². The average Bonchev–Trinajstić information content (AvgIpc) is 2.73. The number of rotatable bonds is 3. The number of amides is 2. The molecule has 2 fully saturated rings. The van der Waals surface area contributed by atoms with Gasteiger partial charge >= 0.3 is 6.03 Å². The summed E-state index contributed by atoms with van der Waals surface area (Å²) >= 11 is 0. The zero-order valence-electron chi connectivity index (χ0n) is 12.4. The predicted octanol–water partition coefficient (Wildman–Crippen LogP) is -0.0698. The largest absolute Gasteiger partial charge is 0.332 e. The number of aryl methyl sites for hydroxylation is 1. The normalized spacial score (nSPS) is 25.8. The van der Waals surface area contributed by atoms with Gasteiger partial charge in [-0.3, -0.25) is 9.69 Å². The van der Waals surface area contributed by atoms with Gasteiger partial charge in [0.15, 0.2) is 0 Å². The van der Waals surface area contributed by atoms with E-state index in [1.54, 1.807) is 11.0 Å². The number of piperidine rings is 1. The first-order valence-corrected chi connectivity index (χ1v) is 7.41. The fourth-order valence-electron chi connectivity index (χ4n) is 3.20. The van der Waals surface area contributed by atoms with Gasteiger partial charge in [-0.05, 0) is 12.8 Å². The van der Waals surface area contributed by atoms with E-state index in [1.165, 1.54) is 0 Å². The Bertz CT molecular complexity index is 599. The molecule has 2 amide bonds. The highest BCUT2D eigenvalue weighted by atomic mass is 16.2. The maximum atomic E-state index is 11.7. The fraction of sp³-hybridized carbons (Fsp3) is 0.643. The number of urea groups is 1. The van der Waals surface area contributed by atoms with Crippen LogP contribution in [0.3, 0.4) is 0 Å². The molecule has 0 spiro atoms. The lowest BCUT2D eigenvalue weighted by Crippen LogP contribution is -2.50. The summed E-state index contributed by atoms with van der Waals surface area (Å²) in [5, 5.41) is 3.01. The van der Waals surface area contributed by atoms with E-state index in [2.05, 4.69) is 20.2 Å². The van der Waals surface area contributed by atoms with Crippen LogP contribution in [-0.2, 0) is 13.0 Å². The number of likely N-dealkylation sites (N-methyl/N-ethyl adjacent to an activating group) is 1. The van der Waals surface area contributed by atoms with Gasteiger partial charge in [0.1, 0.15) is 5.82 Å². The maximum absolute atomic E-state index is 11.7. The Hall–Kier alpha value is -1.89. The lowest BCUT2D eigenvalue weighted by Gasteiger charge is -2.35. The Labute approximate surface area is 123 Å². The summed E-state index contributed by atoms with van der Waals surface area (Å²) in [6.45, 7) is 4.30. The molecule has 2 atom stereocenters. The van der Waals surface area contributed by atoms with Crippen molar-refractivity contribution < 1.29 is 4.79 Å². The van der Waals surface area contributed by atoms with Gasteiger partial charge in [-0.1, -0.05) is 6.92 Å². The number of aromatic amines is 1. The first-order valence-electron chi connectivity index (χ1n) is 7.41. The number of nitrogens with one attached hydrogen (secondary N) is 2. The van der Waals surface area contributed by atoms with Gasteiger partial charge in [-0.25, -0.2) is 9.78 Å². The van der Waals surface area contributed by atoms with E-state index in [0.29, 0.717) is 12.4 Å². The predicted molar refractivity (Wildman–Crippen MR) is 78.0 cm³/mol. The molecule has 3 rings (SSSR count). The van der Waals surface area contributed by atoms with Crippen molar-refractivity contribution in [2.75, 3.05) is 20.1 Å². The van der Waals surface area contributed by atoms with Gasteiger partial charge in [-0.15, -0.1) is 0 Å². The van der Waals surface area contributed by atoms with Crippen LogP contribution in [0.5, 0.6) is 0 Å². The van der Waals surface area contributed by atoms with Gasteiger partial charge in [-0.2, -0.15) is 0 Å². The summed E-state index contributed by atoms with van der Waals surface area (Å²) in [6, 6.07) is 1.99. The third-order valence-corrected chi connectivity index (χ3v) is 4.37. The molecule has 21 heavy (non-hydrogen) atoms. The van der Waals surface area contributed by atoms with E-state index < -0.39 is 0 Å². The van der Waals surface area contributed by atoms with Crippen molar-refractivity contribution in [1.29, 1.82) is 0 Å². The molecule has 114 valence electrons. The van der Waals surface area contributed by atoms with Gasteiger partial charge in [0.2, 0.25) is 0 Å². The number of hydrogen-bond donors (Lipinski definition) is 2. The van der Waals surface area contributed by atoms with E-state index in [-0.39, 0.29) is 23.7 Å². The Morgan fingerprint density at radius 1 is 1.43 bits per heavy atom. The third-order valence-electron chi connectivity index (χ3n) is 4.37. The maximum Gasteiger partial charge on any atom is 0.317 e. The number of fused-ring (bicyclic) bond motifs is 1. The minimum absolute atomic E-state index is 0.00589. The van der Waals surface area contributed by atoms with E-state index in [1.807, 2.05) is 14.0 Å². The molecule has 1 aromatic rings. The van der Waals surface area contributed by atoms with Crippen LogP contribution in [0, 0.1) is 0 Å². The molecule has 2 saturated heterocycles. The van der Waals surface area contributed by atoms with E-state index in [4.69, 9.17) is 0 Å². The molecule has 2 N–H and O–H groups in total. The second-order valence-corrected chi connectivity index (χ2v) is 5.80.